The zero-order valence-corrected chi connectivity index (χ0v) is 15.3. The molecule has 1 aromatic carbocycles. The SMILES string of the molecule is COc1ccc(-c2ccc(C#N)c(SCC(=O)c3c([O-])on[n+]3C)n2)cc1. The summed E-state index contributed by atoms with van der Waals surface area (Å²) < 4.78 is 10.7. The minimum atomic E-state index is -0.788. The monoisotopic (exact) mass is 382 g/mol. The van der Waals surface area contributed by atoms with Crippen LogP contribution < -0.4 is 14.5 Å². The van der Waals surface area contributed by atoms with E-state index in [1.54, 1.807) is 19.2 Å². The van der Waals surface area contributed by atoms with E-state index in [9.17, 15) is 15.2 Å². The maximum atomic E-state index is 12.3. The van der Waals surface area contributed by atoms with Gasteiger partial charge >= 0.3 is 0 Å². The molecule has 3 aromatic rings. The molecule has 0 bridgehead atoms. The predicted molar refractivity (Wildman–Crippen MR) is 93.1 cm³/mol. The number of ketones is 1. The molecule has 27 heavy (non-hydrogen) atoms. The topological polar surface area (TPSA) is 116 Å². The minimum absolute atomic E-state index is 0.0714. The standard InChI is InChI=1S/C18H14N4O4S/c1-22-16(18(24)26-21-22)15(23)10-27-17-12(9-19)5-8-14(20-17)11-3-6-13(25-2)7-4-11/h3-8H,10H2,1-2H3. The van der Waals surface area contributed by atoms with Gasteiger partial charge in [-0.05, 0) is 36.4 Å². The lowest BCUT2D eigenvalue weighted by Gasteiger charge is -2.07. The van der Waals surface area contributed by atoms with Gasteiger partial charge in [0.2, 0.25) is 5.78 Å². The first-order chi connectivity index (χ1) is 13.0. The number of hydrogen-bond donors (Lipinski definition) is 0. The van der Waals surface area contributed by atoms with Crippen molar-refractivity contribution in [2.24, 2.45) is 7.05 Å². The number of carbonyl (C=O) groups excluding carboxylic acids is 1. The maximum Gasteiger partial charge on any atom is 0.300 e. The third-order valence-electron chi connectivity index (χ3n) is 3.73. The summed E-state index contributed by atoms with van der Waals surface area (Å²) in [5.41, 5.74) is 1.71. The second-order valence-electron chi connectivity index (χ2n) is 5.43. The van der Waals surface area contributed by atoms with Gasteiger partial charge in [-0.25, -0.2) is 4.98 Å². The summed E-state index contributed by atoms with van der Waals surface area (Å²) in [6.45, 7) is 0. The van der Waals surface area contributed by atoms with E-state index in [0.29, 0.717) is 16.3 Å². The van der Waals surface area contributed by atoms with Crippen LogP contribution in [0.4, 0.5) is 0 Å². The number of methoxy groups -OCH3 is 1. The van der Waals surface area contributed by atoms with Crippen molar-refractivity contribution >= 4 is 17.5 Å². The number of nitrogens with zero attached hydrogens (tertiary/aromatic N) is 4. The van der Waals surface area contributed by atoms with Crippen LogP contribution >= 0.6 is 11.8 Å². The third-order valence-corrected chi connectivity index (χ3v) is 4.72. The van der Waals surface area contributed by atoms with Crippen LogP contribution in [0.25, 0.3) is 11.3 Å². The van der Waals surface area contributed by atoms with Gasteiger partial charge in [-0.2, -0.15) is 5.26 Å². The van der Waals surface area contributed by atoms with Crippen molar-refractivity contribution in [3.05, 3.63) is 47.7 Å². The van der Waals surface area contributed by atoms with E-state index in [-0.39, 0.29) is 11.4 Å². The summed E-state index contributed by atoms with van der Waals surface area (Å²) >= 11 is 1.08. The Kier molecular flexibility index (Phi) is 5.38. The van der Waals surface area contributed by atoms with Crippen LogP contribution in [-0.2, 0) is 7.05 Å². The minimum Gasteiger partial charge on any atom is -0.539 e. The predicted octanol–water partition coefficient (Wildman–Crippen LogP) is 1.49. The molecule has 0 unspecified atom stereocenters. The molecule has 9 heteroatoms. The molecule has 0 atom stereocenters. The highest BCUT2D eigenvalue weighted by molar-refractivity contribution is 8.00. The van der Waals surface area contributed by atoms with Gasteiger partial charge in [0.1, 0.15) is 16.8 Å². The molecule has 8 nitrogen and oxygen atoms in total. The van der Waals surface area contributed by atoms with Crippen LogP contribution in [0.5, 0.6) is 11.7 Å². The lowest BCUT2D eigenvalue weighted by Crippen LogP contribution is -2.37. The van der Waals surface area contributed by atoms with Gasteiger partial charge < -0.3 is 14.4 Å². The first-order valence-electron chi connectivity index (χ1n) is 7.78. The van der Waals surface area contributed by atoms with Gasteiger partial charge in [0.15, 0.2) is 13.0 Å². The number of pyridine rings is 1. The maximum absolute atomic E-state index is 12.3. The number of nitriles is 1. The molecule has 0 aliphatic carbocycles. The second kappa shape index (κ2) is 7.88. The summed E-state index contributed by atoms with van der Waals surface area (Å²) in [7, 11) is 3.04. The van der Waals surface area contributed by atoms with Gasteiger partial charge in [-0.1, -0.05) is 16.4 Å². The zero-order valence-electron chi connectivity index (χ0n) is 14.5. The number of aromatic nitrogens is 3. The number of benzene rings is 1. The van der Waals surface area contributed by atoms with Crippen LogP contribution in [-0.4, -0.2) is 28.9 Å². The molecule has 2 aromatic heterocycles. The fourth-order valence-corrected chi connectivity index (χ4v) is 3.21. The average molecular weight is 382 g/mol. The number of thioether (sulfide) groups is 1. The van der Waals surface area contributed by atoms with Crippen molar-refractivity contribution < 1.29 is 23.8 Å². The zero-order chi connectivity index (χ0) is 19.4. The van der Waals surface area contributed by atoms with Crippen molar-refractivity contribution in [2.75, 3.05) is 12.9 Å². The van der Waals surface area contributed by atoms with Crippen molar-refractivity contribution in [3.8, 4) is 29.0 Å². The average Bonchev–Trinajstić information content (AvgIpc) is 3.04. The highest BCUT2D eigenvalue weighted by Gasteiger charge is 2.23. The van der Waals surface area contributed by atoms with Crippen LogP contribution in [0.15, 0.2) is 45.9 Å². The Labute approximate surface area is 159 Å². The van der Waals surface area contributed by atoms with Gasteiger partial charge in [-0.3, -0.25) is 4.79 Å². The fourth-order valence-electron chi connectivity index (χ4n) is 2.37. The summed E-state index contributed by atoms with van der Waals surface area (Å²) in [5.74, 6) is -0.585. The van der Waals surface area contributed by atoms with E-state index in [1.165, 1.54) is 7.05 Å². The molecule has 0 saturated heterocycles. The van der Waals surface area contributed by atoms with Crippen molar-refractivity contribution in [2.45, 2.75) is 5.03 Å². The Bertz CT molecular complexity index is 1010. The van der Waals surface area contributed by atoms with E-state index in [4.69, 9.17) is 4.74 Å². The number of aryl methyl sites for hydroxylation is 1. The second-order valence-corrected chi connectivity index (χ2v) is 6.40. The van der Waals surface area contributed by atoms with Crippen molar-refractivity contribution in [1.29, 1.82) is 5.26 Å². The van der Waals surface area contributed by atoms with Gasteiger partial charge in [0.25, 0.3) is 5.69 Å². The molecule has 2 heterocycles. The molecule has 0 radical (unpaired) electrons. The molecule has 0 spiro atoms. The number of Topliss-reactive ketones (excluding diaryl/α,β-unsaturated/α-hetero) is 1. The smallest absolute Gasteiger partial charge is 0.300 e. The summed E-state index contributed by atoms with van der Waals surface area (Å²) in [6, 6.07) is 12.8. The van der Waals surface area contributed by atoms with E-state index in [2.05, 4.69) is 20.8 Å². The number of hydrogen-bond acceptors (Lipinski definition) is 8. The Morgan fingerprint density at radius 2 is 2.07 bits per heavy atom. The van der Waals surface area contributed by atoms with Crippen LogP contribution in [0, 0.1) is 11.3 Å². The Morgan fingerprint density at radius 1 is 1.33 bits per heavy atom. The van der Waals surface area contributed by atoms with E-state index >= 15 is 0 Å². The molecule has 0 amide bonds. The summed E-state index contributed by atoms with van der Waals surface area (Å²) in [4.78, 5) is 16.8. The van der Waals surface area contributed by atoms with Crippen LogP contribution in [0.3, 0.4) is 0 Å². The first kappa shape index (κ1) is 18.4. The lowest BCUT2D eigenvalue weighted by atomic mass is 10.1. The highest BCUT2D eigenvalue weighted by Crippen LogP contribution is 2.27. The van der Waals surface area contributed by atoms with Gasteiger partial charge in [0, 0.05) is 5.56 Å². The van der Waals surface area contributed by atoms with E-state index < -0.39 is 11.7 Å². The van der Waals surface area contributed by atoms with Crippen LogP contribution in [0.1, 0.15) is 16.1 Å². The number of carbonyl (C=O) groups is 1. The van der Waals surface area contributed by atoms with Gasteiger partial charge in [0.05, 0.1) is 29.4 Å². The Morgan fingerprint density at radius 3 is 2.67 bits per heavy atom. The molecular formula is C18H14N4O4S. The number of rotatable bonds is 6. The van der Waals surface area contributed by atoms with E-state index in [0.717, 1.165) is 27.8 Å². The molecule has 0 aliphatic rings. The Hall–Kier alpha value is -3.38. The third kappa shape index (κ3) is 3.91. The Balaban J connectivity index is 1.83. The normalized spacial score (nSPS) is 10.4. The fraction of sp³-hybridized carbons (Fsp3) is 0.167. The van der Waals surface area contributed by atoms with E-state index in [1.807, 2.05) is 24.3 Å². The van der Waals surface area contributed by atoms with Crippen molar-refractivity contribution in [1.82, 2.24) is 10.3 Å². The largest absolute Gasteiger partial charge is 0.539 e. The molecule has 0 fully saturated rings. The quantitative estimate of drug-likeness (QED) is 0.358. The molecular weight excluding hydrogens is 368 g/mol. The summed E-state index contributed by atoms with van der Waals surface area (Å²) in [6.07, 6.45) is 0. The first-order valence-corrected chi connectivity index (χ1v) is 8.76. The number of ether oxygens (including phenoxy) is 1. The molecule has 0 saturated carbocycles. The summed E-state index contributed by atoms with van der Waals surface area (Å²) in [5, 5.41) is 24.7. The molecule has 136 valence electrons. The van der Waals surface area contributed by atoms with Crippen LogP contribution in [0.2, 0.25) is 0 Å². The van der Waals surface area contributed by atoms with Gasteiger partial charge in [-0.15, -0.1) is 0 Å². The highest BCUT2D eigenvalue weighted by atomic mass is 32.2. The van der Waals surface area contributed by atoms with Crippen molar-refractivity contribution in [3.63, 3.8) is 0 Å². The molecule has 3 rings (SSSR count). The lowest BCUT2D eigenvalue weighted by molar-refractivity contribution is -0.741. The molecule has 0 aliphatic heterocycles. The molecule has 0 N–H and O–H groups in total.